The number of hydrogen-bond donors (Lipinski definition) is 0. The molecule has 0 spiro atoms. The van der Waals surface area contributed by atoms with Crippen molar-refractivity contribution in [1.82, 2.24) is 9.47 Å². The van der Waals surface area contributed by atoms with Crippen LogP contribution in [0.2, 0.25) is 0 Å². The monoisotopic (exact) mass is 378 g/mol. The Kier molecular flexibility index (Phi) is 4.19. The third-order valence-electron chi connectivity index (χ3n) is 5.78. The van der Waals surface area contributed by atoms with Crippen LogP contribution in [0.3, 0.4) is 0 Å². The van der Waals surface area contributed by atoms with E-state index in [9.17, 15) is 9.59 Å². The van der Waals surface area contributed by atoms with Crippen LogP contribution >= 0.6 is 0 Å². The van der Waals surface area contributed by atoms with Gasteiger partial charge in [-0.3, -0.25) is 9.59 Å². The topological polar surface area (TPSA) is 60.8 Å². The minimum absolute atomic E-state index is 0.0105. The van der Waals surface area contributed by atoms with Crippen molar-refractivity contribution in [2.75, 3.05) is 26.3 Å². The van der Waals surface area contributed by atoms with E-state index >= 15 is 0 Å². The molecule has 2 bridgehead atoms. The zero-order valence-corrected chi connectivity index (χ0v) is 15.5. The van der Waals surface area contributed by atoms with Crippen molar-refractivity contribution in [3.63, 3.8) is 0 Å². The van der Waals surface area contributed by atoms with E-state index in [1.807, 2.05) is 45.9 Å². The summed E-state index contributed by atoms with van der Waals surface area (Å²) in [5, 5.41) is 0. The maximum Gasteiger partial charge on any atom is 0.250 e. The zero-order chi connectivity index (χ0) is 19.1. The third kappa shape index (κ3) is 3.09. The van der Waals surface area contributed by atoms with Gasteiger partial charge in [-0.15, -0.1) is 0 Å². The van der Waals surface area contributed by atoms with Crippen molar-refractivity contribution >= 4 is 12.0 Å². The minimum atomic E-state index is 0.0105. The molecular weight excluding hydrogens is 356 g/mol. The van der Waals surface area contributed by atoms with E-state index < -0.39 is 0 Å². The van der Waals surface area contributed by atoms with Gasteiger partial charge in [-0.05, 0) is 42.2 Å². The number of benzene rings is 1. The maximum atomic E-state index is 12.8. The van der Waals surface area contributed by atoms with E-state index in [0.29, 0.717) is 38.8 Å². The van der Waals surface area contributed by atoms with Gasteiger partial charge in [0, 0.05) is 43.4 Å². The summed E-state index contributed by atoms with van der Waals surface area (Å²) in [5.74, 6) is 2.03. The van der Waals surface area contributed by atoms with Crippen molar-refractivity contribution in [3.05, 3.63) is 64.1 Å². The van der Waals surface area contributed by atoms with Gasteiger partial charge in [-0.2, -0.15) is 0 Å². The van der Waals surface area contributed by atoms with Crippen LogP contribution < -0.4 is 15.0 Å². The molecule has 4 heterocycles. The molecule has 1 amide bonds. The van der Waals surface area contributed by atoms with Crippen LogP contribution in [0.5, 0.6) is 11.5 Å². The average Bonchev–Trinajstić information content (AvgIpc) is 2.72. The quantitative estimate of drug-likeness (QED) is 0.753. The first-order chi connectivity index (χ1) is 13.7. The largest absolute Gasteiger partial charge is 0.486 e. The number of hydrogen-bond acceptors (Lipinski definition) is 4. The molecule has 0 aliphatic carbocycles. The Morgan fingerprint density at radius 1 is 1.04 bits per heavy atom. The molecular formula is C22H22N2O4. The van der Waals surface area contributed by atoms with Crippen LogP contribution in [-0.2, 0) is 11.3 Å². The molecule has 1 aromatic heterocycles. The first-order valence-corrected chi connectivity index (χ1v) is 9.74. The van der Waals surface area contributed by atoms with Crippen LogP contribution in [-0.4, -0.2) is 41.7 Å². The number of carbonyl (C=O) groups is 1. The number of piperidine rings is 1. The number of amides is 1. The number of rotatable bonds is 2. The van der Waals surface area contributed by atoms with Gasteiger partial charge in [0.15, 0.2) is 11.5 Å². The van der Waals surface area contributed by atoms with Crippen molar-refractivity contribution in [1.29, 1.82) is 0 Å². The Balaban J connectivity index is 1.32. The predicted octanol–water partition coefficient (Wildman–Crippen LogP) is 2.28. The molecule has 3 aliphatic rings. The highest BCUT2D eigenvalue weighted by Crippen LogP contribution is 2.35. The molecule has 5 rings (SSSR count). The average molecular weight is 378 g/mol. The molecule has 0 radical (unpaired) electrons. The fourth-order valence-electron chi connectivity index (χ4n) is 4.51. The molecule has 2 atom stereocenters. The highest BCUT2D eigenvalue weighted by atomic mass is 16.6. The Morgan fingerprint density at radius 2 is 1.89 bits per heavy atom. The Morgan fingerprint density at radius 3 is 2.79 bits per heavy atom. The Labute approximate surface area is 163 Å². The third-order valence-corrected chi connectivity index (χ3v) is 5.78. The summed E-state index contributed by atoms with van der Waals surface area (Å²) in [4.78, 5) is 26.8. The van der Waals surface area contributed by atoms with Crippen molar-refractivity contribution in [3.8, 4) is 11.5 Å². The van der Waals surface area contributed by atoms with Crippen molar-refractivity contribution in [2.45, 2.75) is 18.9 Å². The second-order valence-corrected chi connectivity index (χ2v) is 7.68. The number of nitrogens with zero attached hydrogens (tertiary/aromatic N) is 2. The summed E-state index contributed by atoms with van der Waals surface area (Å²) < 4.78 is 13.0. The molecule has 2 unspecified atom stereocenters. The SMILES string of the molecule is O=C(C=Cc1ccc2c(c1)OCCO2)N1CC2CC(C1)c1cccc(=O)n1C2. The summed E-state index contributed by atoms with van der Waals surface area (Å²) >= 11 is 0. The predicted molar refractivity (Wildman–Crippen MR) is 105 cm³/mol. The lowest BCUT2D eigenvalue weighted by atomic mass is 9.83. The van der Waals surface area contributed by atoms with Crippen LogP contribution in [0.4, 0.5) is 0 Å². The van der Waals surface area contributed by atoms with Crippen molar-refractivity contribution < 1.29 is 14.3 Å². The summed E-state index contributed by atoms with van der Waals surface area (Å²) in [7, 11) is 0. The lowest BCUT2D eigenvalue weighted by Gasteiger charge is -2.42. The van der Waals surface area contributed by atoms with Crippen LogP contribution in [0, 0.1) is 5.92 Å². The van der Waals surface area contributed by atoms with E-state index in [2.05, 4.69) is 0 Å². The molecule has 6 nitrogen and oxygen atoms in total. The van der Waals surface area contributed by atoms with Crippen LogP contribution in [0.15, 0.2) is 47.3 Å². The number of fused-ring (bicyclic) bond motifs is 5. The van der Waals surface area contributed by atoms with E-state index in [1.165, 1.54) is 0 Å². The van der Waals surface area contributed by atoms with Gasteiger partial charge in [-0.25, -0.2) is 0 Å². The molecule has 0 saturated carbocycles. The Bertz CT molecular complexity index is 1010. The number of pyridine rings is 1. The molecule has 1 aromatic carbocycles. The lowest BCUT2D eigenvalue weighted by Crippen LogP contribution is -2.48. The summed E-state index contributed by atoms with van der Waals surface area (Å²) in [6, 6.07) is 11.1. The van der Waals surface area contributed by atoms with Crippen LogP contribution in [0.25, 0.3) is 6.08 Å². The van der Waals surface area contributed by atoms with E-state index in [4.69, 9.17) is 9.47 Å². The fourth-order valence-corrected chi connectivity index (χ4v) is 4.51. The van der Waals surface area contributed by atoms with E-state index in [0.717, 1.165) is 29.2 Å². The Hall–Kier alpha value is -3.02. The van der Waals surface area contributed by atoms with E-state index in [1.54, 1.807) is 12.1 Å². The molecule has 28 heavy (non-hydrogen) atoms. The van der Waals surface area contributed by atoms with E-state index in [-0.39, 0.29) is 17.4 Å². The minimum Gasteiger partial charge on any atom is -0.486 e. The highest BCUT2D eigenvalue weighted by molar-refractivity contribution is 5.92. The molecule has 1 saturated heterocycles. The molecule has 144 valence electrons. The maximum absolute atomic E-state index is 12.8. The normalized spacial score (nSPS) is 22.8. The van der Waals surface area contributed by atoms with Crippen LogP contribution in [0.1, 0.15) is 23.6 Å². The van der Waals surface area contributed by atoms with Crippen molar-refractivity contribution in [2.24, 2.45) is 5.92 Å². The number of ether oxygens (including phenoxy) is 2. The second-order valence-electron chi connectivity index (χ2n) is 7.68. The first-order valence-electron chi connectivity index (χ1n) is 9.74. The van der Waals surface area contributed by atoms with Gasteiger partial charge in [0.05, 0.1) is 0 Å². The molecule has 0 N–H and O–H groups in total. The molecule has 3 aliphatic heterocycles. The van der Waals surface area contributed by atoms with Gasteiger partial charge >= 0.3 is 0 Å². The van der Waals surface area contributed by atoms with Gasteiger partial charge in [0.2, 0.25) is 5.91 Å². The smallest absolute Gasteiger partial charge is 0.250 e. The zero-order valence-electron chi connectivity index (χ0n) is 15.5. The summed E-state index contributed by atoms with van der Waals surface area (Å²) in [6.07, 6.45) is 4.49. The lowest BCUT2D eigenvalue weighted by molar-refractivity contribution is -0.128. The second kappa shape index (κ2) is 6.86. The number of aromatic nitrogens is 1. The highest BCUT2D eigenvalue weighted by Gasteiger charge is 2.35. The summed E-state index contributed by atoms with van der Waals surface area (Å²) in [6.45, 7) is 3.15. The van der Waals surface area contributed by atoms with Gasteiger partial charge < -0.3 is 18.9 Å². The molecule has 6 heteroatoms. The standard InChI is InChI=1S/C22H22N2O4/c25-21(7-5-15-4-6-19-20(11-15)28-9-8-27-19)23-12-16-10-17(14-23)18-2-1-3-22(26)24(18)13-16/h1-7,11,16-17H,8-10,12-14H2. The number of carbonyl (C=O) groups excluding carboxylic acids is 1. The number of likely N-dealkylation sites (tertiary alicyclic amines) is 1. The van der Waals surface area contributed by atoms with Gasteiger partial charge in [-0.1, -0.05) is 12.1 Å². The van der Waals surface area contributed by atoms with Gasteiger partial charge in [0.1, 0.15) is 13.2 Å². The van der Waals surface area contributed by atoms with Gasteiger partial charge in [0.25, 0.3) is 5.56 Å². The fraction of sp³-hybridized carbons (Fsp3) is 0.364. The first kappa shape index (κ1) is 17.1. The molecule has 1 fully saturated rings. The summed E-state index contributed by atoms with van der Waals surface area (Å²) in [5.41, 5.74) is 2.02. The molecule has 2 aromatic rings.